The first-order valence-corrected chi connectivity index (χ1v) is 21.9. The third-order valence-electron chi connectivity index (χ3n) is 13.5. The summed E-state index contributed by atoms with van der Waals surface area (Å²) < 4.78 is 24.6. The number of piperidine rings is 4. The second kappa shape index (κ2) is 16.3. The quantitative estimate of drug-likeness (QED) is 0.145. The summed E-state index contributed by atoms with van der Waals surface area (Å²) in [6.45, 7) is 29.1. The van der Waals surface area contributed by atoms with Gasteiger partial charge in [-0.05, 0) is 123 Å². The van der Waals surface area contributed by atoms with Crippen molar-refractivity contribution >= 4 is 23.9 Å². The number of esters is 4. The zero-order valence-corrected chi connectivity index (χ0v) is 40.0. The Hall–Kier alpha value is -3.22. The van der Waals surface area contributed by atoms with Crippen LogP contribution in [0.5, 0.6) is 0 Å². The van der Waals surface area contributed by atoms with Crippen molar-refractivity contribution in [2.45, 2.75) is 231 Å². The lowest BCUT2D eigenvalue weighted by Gasteiger charge is -2.51. The Kier molecular flexibility index (Phi) is 13.1. The molecule has 1 aromatic carbocycles. The molecule has 4 N–H and O–H groups in total. The van der Waals surface area contributed by atoms with Gasteiger partial charge in [-0.3, -0.25) is 0 Å². The Labute approximate surface area is 367 Å². The molecule has 62 heavy (non-hydrogen) atoms. The van der Waals surface area contributed by atoms with Crippen molar-refractivity contribution in [2.24, 2.45) is 0 Å². The van der Waals surface area contributed by atoms with Gasteiger partial charge in [0.05, 0.1) is 22.3 Å². The van der Waals surface area contributed by atoms with Crippen LogP contribution in [0.2, 0.25) is 0 Å². The van der Waals surface area contributed by atoms with E-state index in [1.165, 1.54) is 32.4 Å². The SMILES string of the molecule is CC1(C)CC(OC(=O)c2cc(C(=O)OC3CC(C)(C)N(O)C(C)(C)C3)c(C(=O)OC3CC(C)(C)N(O)C(C)(C)C3)c(C(=O)OC3CC(C)(C)N(O)C(C)(C)C3)c2)CC(C)(C)N1O. The molecule has 16 heteroatoms. The predicted molar refractivity (Wildman–Crippen MR) is 227 cm³/mol. The minimum absolute atomic E-state index is 0.213. The van der Waals surface area contributed by atoms with Crippen molar-refractivity contribution in [3.63, 3.8) is 0 Å². The van der Waals surface area contributed by atoms with E-state index in [0.29, 0.717) is 0 Å². The van der Waals surface area contributed by atoms with Crippen LogP contribution in [-0.2, 0) is 18.9 Å². The van der Waals surface area contributed by atoms with E-state index in [-0.39, 0.29) is 56.9 Å². The van der Waals surface area contributed by atoms with Gasteiger partial charge in [0.2, 0.25) is 0 Å². The van der Waals surface area contributed by atoms with Crippen LogP contribution >= 0.6 is 0 Å². The van der Waals surface area contributed by atoms with Crippen molar-refractivity contribution < 1.29 is 59.0 Å². The highest BCUT2D eigenvalue weighted by atomic mass is 16.6. The van der Waals surface area contributed by atoms with E-state index >= 15 is 0 Å². The molecule has 0 amide bonds. The number of nitrogens with zero attached hydrogens (tertiary/aromatic N) is 4. The number of hydroxylamine groups is 8. The molecule has 350 valence electrons. The molecule has 0 atom stereocenters. The van der Waals surface area contributed by atoms with E-state index in [4.69, 9.17) is 18.9 Å². The van der Waals surface area contributed by atoms with Gasteiger partial charge in [0, 0.05) is 95.7 Å². The van der Waals surface area contributed by atoms with Crippen LogP contribution in [0.25, 0.3) is 0 Å². The smallest absolute Gasteiger partial charge is 0.340 e. The molecule has 0 saturated carbocycles. The van der Waals surface area contributed by atoms with Gasteiger partial charge in [-0.2, -0.15) is 20.3 Å². The molecule has 4 saturated heterocycles. The lowest BCUT2D eigenvalue weighted by atomic mass is 9.80. The summed E-state index contributed by atoms with van der Waals surface area (Å²) in [5.74, 6) is -3.90. The average molecular weight is 875 g/mol. The molecular formula is C46H74N4O12. The first kappa shape index (κ1) is 49.8. The van der Waals surface area contributed by atoms with Gasteiger partial charge in [0.15, 0.2) is 0 Å². The summed E-state index contributed by atoms with van der Waals surface area (Å²) >= 11 is 0. The van der Waals surface area contributed by atoms with Gasteiger partial charge in [-0.15, -0.1) is 0 Å². The molecule has 5 rings (SSSR count). The largest absolute Gasteiger partial charge is 0.459 e. The van der Waals surface area contributed by atoms with Crippen LogP contribution in [0.4, 0.5) is 0 Å². The Morgan fingerprint density at radius 1 is 0.387 bits per heavy atom. The highest BCUT2D eigenvalue weighted by molar-refractivity contribution is 6.12. The van der Waals surface area contributed by atoms with Crippen LogP contribution in [0, 0.1) is 0 Å². The van der Waals surface area contributed by atoms with E-state index in [2.05, 4.69) is 0 Å². The molecule has 4 heterocycles. The van der Waals surface area contributed by atoms with E-state index in [9.17, 15) is 40.0 Å². The molecule has 4 aliphatic rings. The fourth-order valence-corrected chi connectivity index (χ4v) is 11.2. The number of carbonyl (C=O) groups excluding carboxylic acids is 4. The second-order valence-corrected chi connectivity index (χ2v) is 23.4. The zero-order chi connectivity index (χ0) is 47.1. The molecule has 0 radical (unpaired) electrons. The Morgan fingerprint density at radius 2 is 0.581 bits per heavy atom. The first-order chi connectivity index (χ1) is 27.9. The molecule has 0 unspecified atom stereocenters. The zero-order valence-electron chi connectivity index (χ0n) is 40.0. The normalized spacial score (nSPS) is 26.6. The summed E-state index contributed by atoms with van der Waals surface area (Å²) in [6.07, 6.45) is -1.04. The first-order valence-electron chi connectivity index (χ1n) is 21.9. The molecule has 0 aromatic heterocycles. The summed E-state index contributed by atoms with van der Waals surface area (Å²) in [7, 11) is 0. The number of hydrogen-bond acceptors (Lipinski definition) is 16. The van der Waals surface area contributed by atoms with Crippen molar-refractivity contribution in [1.82, 2.24) is 20.3 Å². The highest BCUT2D eigenvalue weighted by Gasteiger charge is 2.51. The highest BCUT2D eigenvalue weighted by Crippen LogP contribution is 2.43. The van der Waals surface area contributed by atoms with Crippen LogP contribution in [0.15, 0.2) is 12.1 Å². The Bertz CT molecular complexity index is 1770. The maximum Gasteiger partial charge on any atom is 0.340 e. The van der Waals surface area contributed by atoms with Crippen molar-refractivity contribution in [3.8, 4) is 0 Å². The molecule has 1 aromatic rings. The number of hydrogen-bond donors (Lipinski definition) is 4. The van der Waals surface area contributed by atoms with Crippen molar-refractivity contribution in [2.75, 3.05) is 0 Å². The van der Waals surface area contributed by atoms with Gasteiger partial charge in [-0.25, -0.2) is 19.2 Å². The molecule has 16 nitrogen and oxygen atoms in total. The fourth-order valence-electron chi connectivity index (χ4n) is 11.2. The van der Waals surface area contributed by atoms with Gasteiger partial charge in [-0.1, -0.05) is 0 Å². The topological polar surface area (TPSA) is 199 Å². The van der Waals surface area contributed by atoms with Gasteiger partial charge in [0.1, 0.15) is 24.4 Å². The number of rotatable bonds is 8. The number of benzene rings is 1. The summed E-state index contributed by atoms with van der Waals surface area (Å²) in [5.41, 5.74) is -7.90. The monoisotopic (exact) mass is 875 g/mol. The molecule has 0 bridgehead atoms. The molecule has 4 aliphatic heterocycles. The van der Waals surface area contributed by atoms with Gasteiger partial charge in [0.25, 0.3) is 0 Å². The van der Waals surface area contributed by atoms with Crippen LogP contribution < -0.4 is 0 Å². The molecular weight excluding hydrogens is 801 g/mol. The maximum atomic E-state index is 14.8. The predicted octanol–water partition coefficient (Wildman–Crippen LogP) is 7.96. The lowest BCUT2D eigenvalue weighted by Crippen LogP contribution is -2.61. The third kappa shape index (κ3) is 10.0. The standard InChI is InChI=1S/C46H74N4O12/c1-39(2)19-28(20-40(3,4)47(39)55)59-35(51)27-17-32(36(52)60-29-21-41(5,6)48(56)42(7,8)22-29)34(38(54)62-31-25-45(13,14)50(58)46(15,16)26-31)33(18-27)37(53)61-30-23-43(9,10)49(57)44(11,12)24-30/h17-18,28-31,55-58H,19-26H2,1-16H3. The third-order valence-corrected chi connectivity index (χ3v) is 13.5. The average Bonchev–Trinajstić information content (AvgIpc) is 3.09. The molecule has 0 spiro atoms. The van der Waals surface area contributed by atoms with Crippen molar-refractivity contribution in [3.05, 3.63) is 34.4 Å². The number of carbonyl (C=O) groups is 4. The Balaban J connectivity index is 1.64. The fraction of sp³-hybridized carbons (Fsp3) is 0.783. The lowest BCUT2D eigenvalue weighted by molar-refractivity contribution is -0.257. The van der Waals surface area contributed by atoms with E-state index in [1.807, 2.05) is 111 Å². The van der Waals surface area contributed by atoms with Crippen LogP contribution in [0.3, 0.4) is 0 Å². The summed E-state index contributed by atoms with van der Waals surface area (Å²) in [6, 6.07) is 2.38. The van der Waals surface area contributed by atoms with Crippen LogP contribution in [-0.4, -0.2) is 134 Å². The van der Waals surface area contributed by atoms with Gasteiger partial charge < -0.3 is 39.8 Å². The van der Waals surface area contributed by atoms with E-state index < -0.39 is 109 Å². The van der Waals surface area contributed by atoms with E-state index in [0.717, 1.165) is 0 Å². The summed E-state index contributed by atoms with van der Waals surface area (Å²) in [5, 5.41) is 48.9. The maximum absolute atomic E-state index is 14.8. The Morgan fingerprint density at radius 3 is 0.806 bits per heavy atom. The number of ether oxygens (including phenoxy) is 4. The summed E-state index contributed by atoms with van der Waals surface area (Å²) in [4.78, 5) is 58.5. The van der Waals surface area contributed by atoms with Gasteiger partial charge >= 0.3 is 23.9 Å². The minimum atomic E-state index is -1.03. The molecule has 0 aliphatic carbocycles. The second-order valence-electron chi connectivity index (χ2n) is 23.4. The van der Waals surface area contributed by atoms with Crippen molar-refractivity contribution in [1.29, 1.82) is 0 Å². The van der Waals surface area contributed by atoms with E-state index in [1.54, 1.807) is 0 Å². The van der Waals surface area contributed by atoms with Crippen LogP contribution in [0.1, 0.15) is 204 Å². The molecule has 4 fully saturated rings. The minimum Gasteiger partial charge on any atom is -0.459 e.